The monoisotopic (exact) mass is 370 g/mol. The lowest BCUT2D eigenvalue weighted by atomic mass is 9.55. The van der Waals surface area contributed by atoms with E-state index in [9.17, 15) is 8.78 Å². The summed E-state index contributed by atoms with van der Waals surface area (Å²) < 4.78 is 66.3. The molecule has 25 heavy (non-hydrogen) atoms. The van der Waals surface area contributed by atoms with Crippen LogP contribution in [0.2, 0.25) is 0 Å². The van der Waals surface area contributed by atoms with E-state index in [2.05, 4.69) is 0 Å². The third kappa shape index (κ3) is 4.51. The summed E-state index contributed by atoms with van der Waals surface area (Å²) in [4.78, 5) is 0. The molecule has 0 rings (SSSR count). The van der Waals surface area contributed by atoms with Gasteiger partial charge in [0.15, 0.2) is 0 Å². The quantitative estimate of drug-likeness (QED) is 0.326. The van der Waals surface area contributed by atoms with Crippen molar-refractivity contribution in [2.45, 2.75) is 105 Å². The Bertz CT molecular complexity index is 383. The Morgan fingerprint density at radius 3 is 1.60 bits per heavy atom. The number of hydrogen-bond acceptors (Lipinski definition) is 1. The van der Waals surface area contributed by atoms with Crippen LogP contribution < -0.4 is 0 Å². The summed E-state index contributed by atoms with van der Waals surface area (Å²) in [5.74, 6) is -9.43. The van der Waals surface area contributed by atoms with Gasteiger partial charge in [-0.2, -0.15) is 17.6 Å². The van der Waals surface area contributed by atoms with Gasteiger partial charge in [-0.15, -0.1) is 0 Å². The molecule has 0 aliphatic rings. The van der Waals surface area contributed by atoms with Gasteiger partial charge in [-0.1, -0.05) is 41.5 Å². The second kappa shape index (κ2) is 9.05. The molecule has 0 unspecified atom stereocenters. The fourth-order valence-electron chi connectivity index (χ4n) is 4.24. The smallest absolute Gasteiger partial charge is 0.316 e. The molecule has 0 fully saturated rings. The van der Waals surface area contributed by atoms with Crippen LogP contribution in [-0.2, 0) is 4.74 Å². The minimum atomic E-state index is -4.08. The first-order chi connectivity index (χ1) is 11.3. The van der Waals surface area contributed by atoms with Crippen molar-refractivity contribution in [3.8, 4) is 0 Å². The zero-order valence-corrected chi connectivity index (χ0v) is 17.3. The highest BCUT2D eigenvalue weighted by Crippen LogP contribution is 2.62. The number of ether oxygens (including phenoxy) is 1. The highest BCUT2D eigenvalue weighted by Gasteiger charge is 2.72. The van der Waals surface area contributed by atoms with Crippen molar-refractivity contribution >= 4 is 0 Å². The number of alkyl halides is 4. The molecule has 0 radical (unpaired) electrons. The van der Waals surface area contributed by atoms with Crippen molar-refractivity contribution in [3.05, 3.63) is 0 Å². The summed E-state index contributed by atoms with van der Waals surface area (Å²) in [6, 6.07) is 0. The van der Waals surface area contributed by atoms with E-state index in [-0.39, 0.29) is 31.8 Å². The highest BCUT2D eigenvalue weighted by molar-refractivity contribution is 5.07. The molecule has 152 valence electrons. The van der Waals surface area contributed by atoms with E-state index in [1.807, 2.05) is 13.8 Å². The molecule has 0 spiro atoms. The van der Waals surface area contributed by atoms with Crippen LogP contribution in [0.3, 0.4) is 0 Å². The van der Waals surface area contributed by atoms with Gasteiger partial charge in [0, 0.05) is 17.9 Å². The van der Waals surface area contributed by atoms with Crippen LogP contribution in [0.25, 0.3) is 0 Å². The SMILES string of the molecule is CCC(CC)C(F)(F)C(F)(F)C(CC)(CC)C(C)(C)CCOC(C)C. The van der Waals surface area contributed by atoms with Gasteiger partial charge >= 0.3 is 11.8 Å². The van der Waals surface area contributed by atoms with Gasteiger partial charge in [-0.3, -0.25) is 0 Å². The molecule has 0 aliphatic carbocycles. The molecule has 5 heteroatoms. The minimum Gasteiger partial charge on any atom is -0.379 e. The predicted octanol–water partition coefficient (Wildman–Crippen LogP) is 7.34. The van der Waals surface area contributed by atoms with E-state index in [0.717, 1.165) is 0 Å². The summed E-state index contributed by atoms with van der Waals surface area (Å²) >= 11 is 0. The van der Waals surface area contributed by atoms with Crippen molar-refractivity contribution in [3.63, 3.8) is 0 Å². The van der Waals surface area contributed by atoms with Crippen molar-refractivity contribution in [2.75, 3.05) is 6.61 Å². The third-order valence-electron chi connectivity index (χ3n) is 6.20. The van der Waals surface area contributed by atoms with Crippen LogP contribution in [0.1, 0.15) is 87.5 Å². The van der Waals surface area contributed by atoms with E-state index < -0.39 is 28.6 Å². The summed E-state index contributed by atoms with van der Waals surface area (Å²) in [5.41, 5.74) is -2.77. The Kier molecular flexibility index (Phi) is 8.94. The molecule has 0 amide bonds. The summed E-state index contributed by atoms with van der Waals surface area (Å²) in [5, 5.41) is 0. The van der Waals surface area contributed by atoms with Crippen LogP contribution in [-0.4, -0.2) is 24.6 Å². The number of rotatable bonds is 12. The molecule has 0 aromatic heterocycles. The molecule has 0 saturated heterocycles. The van der Waals surface area contributed by atoms with Gasteiger partial charge in [-0.05, 0) is 51.4 Å². The Hall–Kier alpha value is -0.320. The lowest BCUT2D eigenvalue weighted by Gasteiger charge is -2.53. The molecule has 1 nitrogen and oxygen atoms in total. The minimum absolute atomic E-state index is 0.000910. The maximum Gasteiger partial charge on any atom is 0.316 e. The molecule has 0 aliphatic heterocycles. The average molecular weight is 371 g/mol. The highest BCUT2D eigenvalue weighted by atomic mass is 19.3. The van der Waals surface area contributed by atoms with E-state index in [4.69, 9.17) is 4.74 Å². The first kappa shape index (κ1) is 24.7. The molecule has 0 atom stereocenters. The van der Waals surface area contributed by atoms with Gasteiger partial charge in [0.2, 0.25) is 0 Å². The van der Waals surface area contributed by atoms with Crippen LogP contribution >= 0.6 is 0 Å². The molecular formula is C20H38F4O. The Morgan fingerprint density at radius 1 is 0.840 bits per heavy atom. The lowest BCUT2D eigenvalue weighted by Crippen LogP contribution is -2.62. The second-order valence-electron chi connectivity index (χ2n) is 8.05. The molecule has 0 saturated carbocycles. The summed E-state index contributed by atoms with van der Waals surface area (Å²) in [6.45, 7) is 13.7. The van der Waals surface area contributed by atoms with Crippen LogP contribution in [0.5, 0.6) is 0 Å². The van der Waals surface area contributed by atoms with Crippen molar-refractivity contribution in [2.24, 2.45) is 16.7 Å². The van der Waals surface area contributed by atoms with Crippen molar-refractivity contribution in [1.82, 2.24) is 0 Å². The van der Waals surface area contributed by atoms with Gasteiger partial charge in [0.1, 0.15) is 0 Å². The molecule has 0 aromatic carbocycles. The zero-order chi connectivity index (χ0) is 20.1. The normalized spacial score (nSPS) is 14.6. The van der Waals surface area contributed by atoms with Crippen LogP contribution in [0.4, 0.5) is 17.6 Å². The standard InChI is InChI=1S/C20H38F4O/c1-9-16(10-2)19(21,22)20(23,24)18(11-3,12-4)17(7,8)13-14-25-15(5)6/h15-16H,9-14H2,1-8H3. The fraction of sp³-hybridized carbons (Fsp3) is 1.00. The first-order valence-electron chi connectivity index (χ1n) is 9.68. The van der Waals surface area contributed by atoms with Gasteiger partial charge < -0.3 is 4.74 Å². The first-order valence-corrected chi connectivity index (χ1v) is 9.68. The van der Waals surface area contributed by atoms with Gasteiger partial charge in [0.05, 0.1) is 6.10 Å². The van der Waals surface area contributed by atoms with E-state index in [1.54, 1.807) is 41.5 Å². The maximum atomic E-state index is 15.4. The molecule has 0 heterocycles. The molecule has 0 bridgehead atoms. The Labute approximate surface area is 151 Å². The fourth-order valence-corrected chi connectivity index (χ4v) is 4.24. The maximum absolute atomic E-state index is 15.4. The Morgan fingerprint density at radius 2 is 1.28 bits per heavy atom. The summed E-state index contributed by atoms with van der Waals surface area (Å²) in [7, 11) is 0. The van der Waals surface area contributed by atoms with Gasteiger partial charge in [0.25, 0.3) is 0 Å². The van der Waals surface area contributed by atoms with Crippen molar-refractivity contribution < 1.29 is 22.3 Å². The number of hydrogen-bond donors (Lipinski definition) is 0. The van der Waals surface area contributed by atoms with E-state index >= 15 is 8.78 Å². The largest absolute Gasteiger partial charge is 0.379 e. The third-order valence-corrected chi connectivity index (χ3v) is 6.20. The summed E-state index contributed by atoms with van der Waals surface area (Å²) in [6.07, 6.45) is 0.391. The molecule has 0 aromatic rings. The van der Waals surface area contributed by atoms with Crippen LogP contribution in [0.15, 0.2) is 0 Å². The Balaban J connectivity index is 5.95. The number of halogens is 4. The van der Waals surface area contributed by atoms with Gasteiger partial charge in [-0.25, -0.2) is 0 Å². The average Bonchev–Trinajstić information content (AvgIpc) is 2.48. The second-order valence-corrected chi connectivity index (χ2v) is 8.05. The van der Waals surface area contributed by atoms with Crippen molar-refractivity contribution in [1.29, 1.82) is 0 Å². The lowest BCUT2D eigenvalue weighted by molar-refractivity contribution is -0.316. The van der Waals surface area contributed by atoms with E-state index in [1.165, 1.54) is 0 Å². The molecular weight excluding hydrogens is 332 g/mol. The van der Waals surface area contributed by atoms with E-state index in [0.29, 0.717) is 13.0 Å². The van der Waals surface area contributed by atoms with Crippen LogP contribution in [0, 0.1) is 16.7 Å². The zero-order valence-electron chi connectivity index (χ0n) is 17.3. The molecule has 0 N–H and O–H groups in total. The topological polar surface area (TPSA) is 9.23 Å². The predicted molar refractivity (Wildman–Crippen MR) is 96.5 cm³/mol.